The molecule has 1 unspecified atom stereocenters. The van der Waals surface area contributed by atoms with Crippen LogP contribution in [0.25, 0.3) is 0 Å². The van der Waals surface area contributed by atoms with Crippen molar-refractivity contribution < 1.29 is 34.4 Å². The first-order chi connectivity index (χ1) is 8.45. The van der Waals surface area contributed by atoms with Crippen LogP contribution in [0.1, 0.15) is 25.2 Å². The van der Waals surface area contributed by atoms with Crippen LogP contribution in [0.3, 0.4) is 0 Å². The summed E-state index contributed by atoms with van der Waals surface area (Å²) in [4.78, 5) is 32.7. The molecule has 86 valence electrons. The molecule has 0 aromatic heterocycles. The number of ether oxygens (including phenoxy) is 2. The molecule has 1 atom stereocenters. The first kappa shape index (κ1) is 7.67. The van der Waals surface area contributed by atoms with E-state index in [-0.39, 0.29) is 0 Å². The minimum absolute atomic E-state index is 0.878. The van der Waals surface area contributed by atoms with Gasteiger partial charge < -0.3 is 14.6 Å². The maximum absolute atomic E-state index is 11.1. The lowest BCUT2D eigenvalue weighted by molar-refractivity contribution is -0.149. The second-order valence-corrected chi connectivity index (χ2v) is 2.49. The zero-order valence-electron chi connectivity index (χ0n) is 12.3. The highest BCUT2D eigenvalue weighted by Gasteiger charge is 2.19. The Morgan fingerprint density at radius 3 is 2.47 bits per heavy atom. The Hall–Kier alpha value is -1.59. The third-order valence-corrected chi connectivity index (χ3v) is 1.24. The highest BCUT2D eigenvalue weighted by atomic mass is 16.5. The molecule has 0 fully saturated rings. The monoisotopic (exact) mass is 222 g/mol. The number of hydrogen-bond acceptors (Lipinski definition) is 5. The molecule has 0 aliphatic rings. The molecular formula is C9H14O6. The van der Waals surface area contributed by atoms with Crippen molar-refractivity contribution in [1.82, 2.24) is 0 Å². The zero-order valence-corrected chi connectivity index (χ0v) is 8.27. The van der Waals surface area contributed by atoms with E-state index in [4.69, 9.17) is 10.6 Å². The van der Waals surface area contributed by atoms with Crippen LogP contribution in [0.4, 0.5) is 0 Å². The fourth-order valence-corrected chi connectivity index (χ4v) is 0.675. The van der Waals surface area contributed by atoms with Crippen LogP contribution in [0, 0.1) is 5.92 Å². The maximum atomic E-state index is 11.1. The van der Waals surface area contributed by atoms with E-state index in [1.54, 1.807) is 0 Å². The Morgan fingerprint density at radius 2 is 2.07 bits per heavy atom. The van der Waals surface area contributed by atoms with Gasteiger partial charge in [0, 0.05) is 15.6 Å². The molecule has 0 radical (unpaired) electrons. The molecule has 0 saturated carbocycles. The molecule has 0 spiro atoms. The molecule has 0 rings (SSSR count). The minimum Gasteiger partial charge on any atom is -0.481 e. The molecule has 6 nitrogen and oxygen atoms in total. The summed E-state index contributed by atoms with van der Waals surface area (Å²) in [5.41, 5.74) is 0. The van der Waals surface area contributed by atoms with E-state index in [2.05, 4.69) is 9.47 Å². The molecule has 0 bridgehead atoms. The fraction of sp³-hybridized carbons (Fsp3) is 0.667. The molecule has 1 N–H and O–H groups in total. The number of carboxylic acid groups (broad SMARTS) is 1. The number of carbonyl (C=O) groups is 3. The van der Waals surface area contributed by atoms with Crippen LogP contribution in [-0.2, 0) is 23.9 Å². The minimum atomic E-state index is -3.12. The molecule has 6 heteroatoms. The van der Waals surface area contributed by atoms with Crippen molar-refractivity contribution in [2.24, 2.45) is 5.92 Å². The van der Waals surface area contributed by atoms with Crippen molar-refractivity contribution in [3.63, 3.8) is 0 Å². The van der Waals surface area contributed by atoms with Crippen molar-refractivity contribution in [1.29, 1.82) is 0 Å². The molecule has 0 saturated heterocycles. The van der Waals surface area contributed by atoms with Gasteiger partial charge in [0.15, 0.2) is 0 Å². The molecule has 15 heavy (non-hydrogen) atoms. The third kappa shape index (κ3) is 7.48. The third-order valence-electron chi connectivity index (χ3n) is 1.24. The Balaban J connectivity index is 5.45. The largest absolute Gasteiger partial charge is 0.481 e. The van der Waals surface area contributed by atoms with Gasteiger partial charge in [-0.2, -0.15) is 0 Å². The van der Waals surface area contributed by atoms with Crippen molar-refractivity contribution >= 4 is 17.9 Å². The summed E-state index contributed by atoms with van der Waals surface area (Å²) in [5, 5.41) is 8.76. The number of hydrogen-bond donors (Lipinski definition) is 1. The topological polar surface area (TPSA) is 89.9 Å². The number of esters is 2. The van der Waals surface area contributed by atoms with Gasteiger partial charge in [0.1, 0.15) is 0 Å². The second-order valence-electron chi connectivity index (χ2n) is 2.49. The molecule has 0 amide bonds. The van der Waals surface area contributed by atoms with Gasteiger partial charge in [-0.05, 0) is 0 Å². The quantitative estimate of drug-likeness (QED) is 0.646. The Labute approximate surface area is 92.8 Å². The van der Waals surface area contributed by atoms with Gasteiger partial charge in [-0.15, -0.1) is 0 Å². The number of carbonyl (C=O) groups excluding carboxylic acids is 2. The van der Waals surface area contributed by atoms with Gasteiger partial charge in [-0.3, -0.25) is 14.4 Å². The van der Waals surface area contributed by atoms with E-state index in [1.807, 2.05) is 0 Å². The molecule has 0 aliphatic heterocycles. The highest BCUT2D eigenvalue weighted by Crippen LogP contribution is 2.10. The van der Waals surface area contributed by atoms with E-state index in [9.17, 15) is 14.4 Å². The van der Waals surface area contributed by atoms with Gasteiger partial charge in [0.05, 0.1) is 29.2 Å². The zero-order chi connectivity index (χ0) is 15.4. The summed E-state index contributed by atoms with van der Waals surface area (Å²) in [7, 11) is 0.983. The standard InChI is InChI=1S/C9H14O6/c1-6(10)15-5-7(3-8(11)12)4-9(13)14-2/h7H,3-5H2,1-2H3,(H,11,12)/i3D2,5D2. The predicted molar refractivity (Wildman–Crippen MR) is 49.0 cm³/mol. The van der Waals surface area contributed by atoms with Crippen LogP contribution in [-0.4, -0.2) is 36.7 Å². The number of methoxy groups -OCH3 is 1. The van der Waals surface area contributed by atoms with Crippen LogP contribution in [0.2, 0.25) is 0 Å². The summed E-state index contributed by atoms with van der Waals surface area (Å²) < 4.78 is 38.1. The number of carboxylic acids is 1. The van der Waals surface area contributed by atoms with Gasteiger partial charge >= 0.3 is 17.9 Å². The van der Waals surface area contributed by atoms with Crippen molar-refractivity contribution in [2.45, 2.75) is 19.7 Å². The summed E-state index contributed by atoms with van der Waals surface area (Å²) in [6, 6.07) is 0. The van der Waals surface area contributed by atoms with E-state index < -0.39 is 43.2 Å². The fourth-order valence-electron chi connectivity index (χ4n) is 0.675. The lowest BCUT2D eigenvalue weighted by Gasteiger charge is -2.12. The van der Waals surface area contributed by atoms with E-state index in [0.717, 1.165) is 14.0 Å². The Bertz CT molecular complexity index is 381. The first-order valence-electron chi connectivity index (χ1n) is 5.95. The van der Waals surface area contributed by atoms with Gasteiger partial charge in [0.2, 0.25) is 0 Å². The number of aliphatic carboxylic acids is 1. The molecular weight excluding hydrogens is 204 g/mol. The van der Waals surface area contributed by atoms with Crippen molar-refractivity contribution in [3.05, 3.63) is 0 Å². The van der Waals surface area contributed by atoms with Gasteiger partial charge in [0.25, 0.3) is 0 Å². The summed E-state index contributed by atoms with van der Waals surface area (Å²) >= 11 is 0. The lowest BCUT2D eigenvalue weighted by atomic mass is 10.0. The van der Waals surface area contributed by atoms with Crippen LogP contribution in [0.5, 0.6) is 0 Å². The van der Waals surface area contributed by atoms with E-state index >= 15 is 0 Å². The van der Waals surface area contributed by atoms with Crippen LogP contribution < -0.4 is 0 Å². The maximum Gasteiger partial charge on any atom is 0.305 e. The Kier molecular flexibility index (Phi) is 3.48. The molecule has 0 aliphatic carbocycles. The van der Waals surface area contributed by atoms with Crippen LogP contribution >= 0.6 is 0 Å². The average molecular weight is 222 g/mol. The molecule has 0 heterocycles. The smallest absolute Gasteiger partial charge is 0.305 e. The van der Waals surface area contributed by atoms with Crippen LogP contribution in [0.15, 0.2) is 0 Å². The summed E-state index contributed by atoms with van der Waals surface area (Å²) in [6.07, 6.45) is -4.01. The van der Waals surface area contributed by atoms with Crippen molar-refractivity contribution in [2.75, 3.05) is 13.7 Å². The normalized spacial score (nSPS) is 17.5. The number of rotatable bonds is 6. The van der Waals surface area contributed by atoms with E-state index in [1.165, 1.54) is 0 Å². The SMILES string of the molecule is [2H]C([2H])(OC(C)=O)C(CC(=O)OC)C([2H])([2H])C(=O)O. The first-order valence-corrected chi connectivity index (χ1v) is 3.95. The van der Waals surface area contributed by atoms with Gasteiger partial charge in [-0.1, -0.05) is 0 Å². The average Bonchev–Trinajstić information content (AvgIpc) is 2.22. The van der Waals surface area contributed by atoms with Crippen molar-refractivity contribution in [3.8, 4) is 0 Å². The highest BCUT2D eigenvalue weighted by molar-refractivity contribution is 5.72. The Morgan fingerprint density at radius 1 is 1.47 bits per heavy atom. The molecule has 0 aromatic rings. The van der Waals surface area contributed by atoms with E-state index in [0.29, 0.717) is 0 Å². The summed E-state index contributed by atoms with van der Waals surface area (Å²) in [6.45, 7) is -2.09. The lowest BCUT2D eigenvalue weighted by Crippen LogP contribution is -2.20. The molecule has 0 aromatic carbocycles. The summed E-state index contributed by atoms with van der Waals surface area (Å²) in [5.74, 6) is -6.11. The predicted octanol–water partition coefficient (Wildman–Crippen LogP) is 0.204. The van der Waals surface area contributed by atoms with Gasteiger partial charge in [-0.25, -0.2) is 0 Å². The second kappa shape index (κ2) is 6.80.